The van der Waals surface area contributed by atoms with Gasteiger partial charge in [-0.1, -0.05) is 26.0 Å². The molecule has 1 saturated carbocycles. The number of piperazine rings is 1. The number of alkyl halides is 3. The number of methoxy groups -OCH3 is 1. The van der Waals surface area contributed by atoms with Gasteiger partial charge < -0.3 is 43.5 Å². The Bertz CT molecular complexity index is 2990. The smallest absolute Gasteiger partial charge is 0.406 e. The van der Waals surface area contributed by atoms with Gasteiger partial charge in [-0.25, -0.2) is 5.43 Å². The average Bonchev–Trinajstić information content (AvgIpc) is 4.48. The number of halogens is 3. The number of hydrazine groups is 1. The maximum absolute atomic E-state index is 15.3. The van der Waals surface area contributed by atoms with Crippen molar-refractivity contribution in [3.63, 3.8) is 0 Å². The van der Waals surface area contributed by atoms with Gasteiger partial charge in [-0.15, -0.1) is 0 Å². The summed E-state index contributed by atoms with van der Waals surface area (Å²) in [4.78, 5) is 76.2. The lowest BCUT2D eigenvalue weighted by Gasteiger charge is -2.44. The number of nitrogens with zero attached hydrogens (tertiary/aromatic N) is 9. The van der Waals surface area contributed by atoms with E-state index >= 15 is 18.0 Å². The Morgan fingerprint density at radius 2 is 1.77 bits per heavy atom. The van der Waals surface area contributed by atoms with Gasteiger partial charge in [0.05, 0.1) is 67.9 Å². The predicted molar refractivity (Wildman–Crippen MR) is 306 cm³/mol. The van der Waals surface area contributed by atoms with Gasteiger partial charge in [0.15, 0.2) is 0 Å². The van der Waals surface area contributed by atoms with Crippen LogP contribution in [0.4, 0.5) is 24.5 Å². The van der Waals surface area contributed by atoms with Gasteiger partial charge in [-0.3, -0.25) is 43.9 Å². The second-order valence-corrected chi connectivity index (χ2v) is 26.4. The van der Waals surface area contributed by atoms with Crippen LogP contribution >= 0.6 is 0 Å². The minimum absolute atomic E-state index is 0.0348. The molecule has 1 spiro atoms. The van der Waals surface area contributed by atoms with Crippen molar-refractivity contribution in [2.24, 2.45) is 16.7 Å². The summed E-state index contributed by atoms with van der Waals surface area (Å²) in [6.07, 6.45) is 1.29. The van der Waals surface area contributed by atoms with Crippen LogP contribution in [0.15, 0.2) is 42.6 Å². The number of cyclic esters (lactones) is 1. The van der Waals surface area contributed by atoms with E-state index in [1.807, 2.05) is 50.8 Å². The number of amides is 3. The van der Waals surface area contributed by atoms with E-state index in [0.29, 0.717) is 129 Å². The predicted octanol–water partition coefficient (Wildman–Crippen LogP) is 5.16. The molecule has 8 fully saturated rings. The average molecular weight is 1160 g/mol. The fourth-order valence-corrected chi connectivity index (χ4v) is 15.0. The van der Waals surface area contributed by atoms with Crippen LogP contribution in [-0.2, 0) is 51.1 Å². The molecule has 7 saturated heterocycles. The highest BCUT2D eigenvalue weighted by molar-refractivity contribution is 5.95. The third kappa shape index (κ3) is 11.9. The molecule has 10 atom stereocenters. The normalized spacial score (nSPS) is 30.7. The van der Waals surface area contributed by atoms with Gasteiger partial charge in [0.25, 0.3) is 5.91 Å². The number of hydrogen-bond acceptors (Lipinski definition) is 15. The van der Waals surface area contributed by atoms with Crippen LogP contribution in [-0.4, -0.2) is 219 Å². The topological polar surface area (TPSA) is 170 Å². The molecule has 3 aromatic rings. The fraction of sp³-hybridized carbons (Fsp3) is 0.689. The molecule has 6 bridgehead atoms. The molecule has 9 aliphatic rings. The van der Waals surface area contributed by atoms with E-state index in [2.05, 4.69) is 48.9 Å². The van der Waals surface area contributed by atoms with Crippen LogP contribution in [0.1, 0.15) is 90.0 Å². The Balaban J connectivity index is 0.867. The number of carbonyl (C=O) groups excluding carboxylic acids is 4. The van der Waals surface area contributed by atoms with Crippen molar-refractivity contribution < 1.29 is 51.3 Å². The van der Waals surface area contributed by atoms with E-state index in [1.54, 1.807) is 19.4 Å². The number of anilines is 2. The summed E-state index contributed by atoms with van der Waals surface area (Å²) in [6.45, 7) is 18.8. The fourth-order valence-electron chi connectivity index (χ4n) is 15.0. The minimum atomic E-state index is -4.61. The molecule has 10 heterocycles. The number of nitrogens with one attached hydrogen (secondary N) is 2. The number of likely N-dealkylation sites (tertiary alicyclic amines) is 2. The first-order chi connectivity index (χ1) is 39.7. The summed E-state index contributed by atoms with van der Waals surface area (Å²) in [6, 6.07) is 5.33. The highest BCUT2D eigenvalue weighted by Crippen LogP contribution is 2.49. The number of benzene rings is 1. The number of morpholine rings is 2. The molecule has 452 valence electrons. The molecular weight excluding hydrogens is 1070 g/mol. The Kier molecular flexibility index (Phi) is 16.0. The molecular formula is C61H84F3N11O8. The quantitative estimate of drug-likeness (QED) is 0.147. The number of likely N-dealkylation sites (N-methyl/N-ethyl adjacent to an activating group) is 1. The maximum Gasteiger partial charge on any atom is 0.406 e. The van der Waals surface area contributed by atoms with Crippen LogP contribution < -0.4 is 20.5 Å². The number of aromatic nitrogens is 2. The summed E-state index contributed by atoms with van der Waals surface area (Å²) >= 11 is 0. The van der Waals surface area contributed by atoms with Crippen molar-refractivity contribution in [1.29, 1.82) is 0 Å². The molecule has 0 radical (unpaired) electrons. The number of fused-ring (bicyclic) bond motifs is 7. The van der Waals surface area contributed by atoms with Gasteiger partial charge in [-0.2, -0.15) is 13.2 Å². The zero-order chi connectivity index (χ0) is 58.3. The largest absolute Gasteiger partial charge is 0.464 e. The summed E-state index contributed by atoms with van der Waals surface area (Å²) in [7, 11) is 3.62. The van der Waals surface area contributed by atoms with Gasteiger partial charge in [0, 0.05) is 118 Å². The molecule has 8 aliphatic heterocycles. The molecule has 2 N–H and O–H groups in total. The summed E-state index contributed by atoms with van der Waals surface area (Å²) in [5, 5.41) is 5.22. The van der Waals surface area contributed by atoms with Gasteiger partial charge in [0.1, 0.15) is 30.7 Å². The monoisotopic (exact) mass is 1160 g/mol. The number of carbonyl (C=O) groups is 4. The van der Waals surface area contributed by atoms with E-state index in [-0.39, 0.29) is 61.9 Å². The van der Waals surface area contributed by atoms with Crippen LogP contribution in [0.5, 0.6) is 0 Å². The van der Waals surface area contributed by atoms with Crippen molar-refractivity contribution in [2.45, 2.75) is 140 Å². The van der Waals surface area contributed by atoms with Crippen molar-refractivity contribution in [2.75, 3.05) is 122 Å². The van der Waals surface area contributed by atoms with Gasteiger partial charge in [-0.05, 0) is 108 Å². The van der Waals surface area contributed by atoms with Crippen LogP contribution in [0.3, 0.4) is 0 Å². The van der Waals surface area contributed by atoms with Crippen molar-refractivity contribution >= 4 is 46.0 Å². The third-order valence-electron chi connectivity index (χ3n) is 19.6. The molecule has 12 rings (SSSR count). The van der Waals surface area contributed by atoms with E-state index in [4.69, 9.17) is 23.9 Å². The lowest BCUT2D eigenvalue weighted by molar-refractivity contribution is -0.156. The molecule has 1 aromatic carbocycles. The molecule has 1 aliphatic carbocycles. The molecule has 22 heteroatoms. The molecule has 2 aromatic heterocycles. The molecule has 3 amide bonds. The van der Waals surface area contributed by atoms with Gasteiger partial charge in [0.2, 0.25) is 11.8 Å². The number of rotatable bonds is 11. The Hall–Kier alpha value is -5.36. The zero-order valence-corrected chi connectivity index (χ0v) is 49.2. The highest BCUT2D eigenvalue weighted by atomic mass is 19.4. The highest BCUT2D eigenvalue weighted by Gasteiger charge is 2.59. The van der Waals surface area contributed by atoms with E-state index in [0.717, 1.165) is 37.3 Å². The number of ether oxygens (including phenoxy) is 4. The standard InChI is InChI=1S/C61H84F3N11O8/c1-37(2)51(72-17-14-60(33-72)15-18-73(34-60)57(78)54-52(68(54)6)39-10-11-39)55(76)66-48-27-43-31-71(22-24-82-43)40-12-13-49-44(25-40)46(28-59(4,5)36-83-58(79)47-9-8-16-75(67-47)56(48)77)53(74(49)35-61(62,63)64)45-26-41(29-65-50(45)38(3)80-7)70-20-19-69-21-23-81-32-42(69)30-70/h12-13,25-26,29,38-39,42-43,47-48,51-52,54,67H,1,8-11,14-24,27-28,30-36H2,2-7H3,(H,66,76)/t38-,42-,43-,47-,48-,51-,52+,54+,60-,68?/m0/s1. The maximum atomic E-state index is 15.3. The Morgan fingerprint density at radius 1 is 0.976 bits per heavy atom. The van der Waals surface area contributed by atoms with E-state index < -0.39 is 60.3 Å². The summed E-state index contributed by atoms with van der Waals surface area (Å²) in [5.74, 6) is -0.492. The number of esters is 1. The first-order valence-corrected chi connectivity index (χ1v) is 30.3. The SMILES string of the molecule is C=C(C)[C@@H](C(=O)N[C@H]1C[C@H]2CN(CCO2)c2ccc3c(c2)c(c(-c2cc(N4CCN5CCOC[C@@H]5C4)cnc2[C@H](C)OC)n3CC(F)(F)F)CC(C)(C)COC(=O)[C@@H]2CCCN(N2)C1=O)N1CC[C@]2(CCN(C(=O)[C@H]3[C@@H](C4CC4)N3C)C2)C1. The Morgan fingerprint density at radius 3 is 2.54 bits per heavy atom. The first kappa shape index (κ1) is 58.0. The molecule has 1 unspecified atom stereocenters. The van der Waals surface area contributed by atoms with E-state index in [9.17, 15) is 14.4 Å². The lowest BCUT2D eigenvalue weighted by atomic mass is 9.84. The zero-order valence-electron chi connectivity index (χ0n) is 49.2. The molecule has 83 heavy (non-hydrogen) atoms. The van der Waals surface area contributed by atoms with Crippen LogP contribution in [0.25, 0.3) is 22.2 Å². The Labute approximate surface area is 485 Å². The number of pyridine rings is 1. The van der Waals surface area contributed by atoms with Crippen molar-refractivity contribution in [3.05, 3.63) is 53.9 Å². The van der Waals surface area contributed by atoms with Crippen LogP contribution in [0, 0.1) is 16.7 Å². The van der Waals surface area contributed by atoms with Gasteiger partial charge >= 0.3 is 12.1 Å². The van der Waals surface area contributed by atoms with Crippen molar-refractivity contribution in [3.8, 4) is 11.3 Å². The van der Waals surface area contributed by atoms with Crippen molar-refractivity contribution in [1.82, 2.24) is 44.9 Å². The first-order valence-electron chi connectivity index (χ1n) is 30.3. The summed E-state index contributed by atoms with van der Waals surface area (Å²) in [5.41, 5.74) is 6.83. The number of hydrogen-bond donors (Lipinski definition) is 2. The lowest BCUT2D eigenvalue weighted by Crippen LogP contribution is -2.62. The van der Waals surface area contributed by atoms with Crippen LogP contribution in [0.2, 0.25) is 0 Å². The van der Waals surface area contributed by atoms with E-state index in [1.165, 1.54) is 22.4 Å². The third-order valence-corrected chi connectivity index (χ3v) is 19.6. The second-order valence-electron chi connectivity index (χ2n) is 26.4. The summed E-state index contributed by atoms with van der Waals surface area (Å²) < 4.78 is 71.6. The molecule has 19 nitrogen and oxygen atoms in total. The minimum Gasteiger partial charge on any atom is -0.464 e. The second kappa shape index (κ2) is 22.8.